The van der Waals surface area contributed by atoms with Crippen LogP contribution in [0.1, 0.15) is 12.5 Å². The minimum absolute atomic E-state index is 0.0173. The quantitative estimate of drug-likeness (QED) is 0.786. The number of benzene rings is 1. The number of nitrogens with zero attached hydrogens (tertiary/aromatic N) is 3. The molecule has 2 aromatic rings. The molecule has 1 aromatic heterocycles. The van der Waals surface area contributed by atoms with E-state index in [0.29, 0.717) is 24.2 Å². The van der Waals surface area contributed by atoms with Crippen molar-refractivity contribution in [1.82, 2.24) is 4.98 Å². The van der Waals surface area contributed by atoms with Crippen molar-refractivity contribution in [2.45, 2.75) is 19.1 Å². The van der Waals surface area contributed by atoms with E-state index >= 15 is 0 Å². The van der Waals surface area contributed by atoms with E-state index in [4.69, 9.17) is 4.74 Å². The Morgan fingerprint density at radius 3 is 3.05 bits per heavy atom. The normalized spacial score (nSPS) is 22.0. The number of anilines is 1. The Labute approximate surface area is 122 Å². The summed E-state index contributed by atoms with van der Waals surface area (Å²) >= 11 is 0. The van der Waals surface area contributed by atoms with Gasteiger partial charge in [0, 0.05) is 23.8 Å². The molecule has 1 aromatic carbocycles. The number of hydrogen-bond acceptors (Lipinski definition) is 5. The highest BCUT2D eigenvalue weighted by atomic mass is 16.5. The summed E-state index contributed by atoms with van der Waals surface area (Å²) in [6.45, 7) is 3.18. The molecule has 0 aliphatic carbocycles. The summed E-state index contributed by atoms with van der Waals surface area (Å²) in [6, 6.07) is 9.67. The van der Waals surface area contributed by atoms with Crippen LogP contribution in [0, 0.1) is 11.3 Å². The van der Waals surface area contributed by atoms with E-state index in [1.165, 1.54) is 0 Å². The number of rotatable bonds is 2. The third-order valence-corrected chi connectivity index (χ3v) is 3.64. The van der Waals surface area contributed by atoms with Gasteiger partial charge in [0.15, 0.2) is 6.29 Å². The van der Waals surface area contributed by atoms with Gasteiger partial charge in [-0.2, -0.15) is 5.26 Å². The standard InChI is InChI=1S/C16H15N3O2/c1-11-8-19(9-13(10-20)21-11)15-5-4-12(7-17)16-14(15)3-2-6-18-16/h2-6,10-11,13H,8-9H2,1H3/t11-,13-/m1/s1. The van der Waals surface area contributed by atoms with Gasteiger partial charge < -0.3 is 14.4 Å². The maximum Gasteiger partial charge on any atom is 0.150 e. The van der Waals surface area contributed by atoms with Crippen LogP contribution in [0.5, 0.6) is 0 Å². The zero-order valence-corrected chi connectivity index (χ0v) is 11.7. The second kappa shape index (κ2) is 5.51. The molecule has 2 heterocycles. The molecule has 1 aliphatic rings. The molecule has 21 heavy (non-hydrogen) atoms. The fourth-order valence-electron chi connectivity index (χ4n) is 2.78. The SMILES string of the molecule is C[C@@H]1CN(c2ccc(C#N)c3ncccc23)C[C@H](C=O)O1. The molecule has 5 nitrogen and oxygen atoms in total. The summed E-state index contributed by atoms with van der Waals surface area (Å²) in [7, 11) is 0. The molecular formula is C16H15N3O2. The van der Waals surface area contributed by atoms with E-state index in [1.807, 2.05) is 25.1 Å². The second-order valence-corrected chi connectivity index (χ2v) is 5.17. The number of ether oxygens (including phenoxy) is 1. The van der Waals surface area contributed by atoms with Crippen molar-refractivity contribution in [1.29, 1.82) is 5.26 Å². The molecule has 0 bridgehead atoms. The molecule has 0 unspecified atom stereocenters. The molecule has 0 amide bonds. The lowest BCUT2D eigenvalue weighted by atomic mass is 10.1. The Bertz CT molecular complexity index is 723. The van der Waals surface area contributed by atoms with E-state index in [1.54, 1.807) is 12.3 Å². The highest BCUT2D eigenvalue weighted by Crippen LogP contribution is 2.29. The molecule has 5 heteroatoms. The Kier molecular flexibility index (Phi) is 3.55. The largest absolute Gasteiger partial charge is 0.365 e. The van der Waals surface area contributed by atoms with Crippen molar-refractivity contribution >= 4 is 22.9 Å². The van der Waals surface area contributed by atoms with E-state index in [2.05, 4.69) is 16.0 Å². The van der Waals surface area contributed by atoms with Gasteiger partial charge >= 0.3 is 0 Å². The van der Waals surface area contributed by atoms with Crippen molar-refractivity contribution in [3.63, 3.8) is 0 Å². The first-order valence-corrected chi connectivity index (χ1v) is 6.86. The Balaban J connectivity index is 2.09. The summed E-state index contributed by atoms with van der Waals surface area (Å²) in [6.07, 6.45) is 2.09. The number of pyridine rings is 1. The van der Waals surface area contributed by atoms with Crippen molar-refractivity contribution in [2.24, 2.45) is 0 Å². The highest BCUT2D eigenvalue weighted by Gasteiger charge is 2.26. The van der Waals surface area contributed by atoms with Crippen LogP contribution in [0.25, 0.3) is 10.9 Å². The minimum Gasteiger partial charge on any atom is -0.365 e. The van der Waals surface area contributed by atoms with Gasteiger partial charge in [-0.1, -0.05) is 0 Å². The molecule has 2 atom stereocenters. The molecule has 106 valence electrons. The molecule has 1 aliphatic heterocycles. The Morgan fingerprint density at radius 2 is 2.29 bits per heavy atom. The molecule has 1 fully saturated rings. The van der Waals surface area contributed by atoms with E-state index in [-0.39, 0.29) is 6.10 Å². The van der Waals surface area contributed by atoms with Gasteiger partial charge in [0.05, 0.1) is 23.7 Å². The van der Waals surface area contributed by atoms with E-state index < -0.39 is 6.10 Å². The number of nitriles is 1. The molecule has 0 saturated carbocycles. The van der Waals surface area contributed by atoms with Crippen LogP contribution in [0.3, 0.4) is 0 Å². The number of carbonyl (C=O) groups is 1. The summed E-state index contributed by atoms with van der Waals surface area (Å²) in [5.74, 6) is 0. The van der Waals surface area contributed by atoms with Gasteiger partial charge in [-0.15, -0.1) is 0 Å². The van der Waals surface area contributed by atoms with Crippen LogP contribution >= 0.6 is 0 Å². The molecule has 0 spiro atoms. The summed E-state index contributed by atoms with van der Waals surface area (Å²) in [5.41, 5.74) is 2.24. The number of carbonyl (C=O) groups excluding carboxylic acids is 1. The van der Waals surface area contributed by atoms with Crippen LogP contribution in [-0.4, -0.2) is 36.6 Å². The van der Waals surface area contributed by atoms with Gasteiger partial charge in [-0.3, -0.25) is 4.98 Å². The molecular weight excluding hydrogens is 266 g/mol. The third kappa shape index (κ3) is 2.46. The van der Waals surface area contributed by atoms with Gasteiger partial charge in [0.2, 0.25) is 0 Å². The topological polar surface area (TPSA) is 66.2 Å². The van der Waals surface area contributed by atoms with Gasteiger partial charge in [0.25, 0.3) is 0 Å². The number of aldehydes is 1. The van der Waals surface area contributed by atoms with E-state index in [0.717, 1.165) is 17.4 Å². The maximum absolute atomic E-state index is 11.0. The number of morpholine rings is 1. The van der Waals surface area contributed by atoms with Crippen molar-refractivity contribution in [2.75, 3.05) is 18.0 Å². The molecule has 3 rings (SSSR count). The van der Waals surface area contributed by atoms with Crippen molar-refractivity contribution in [3.8, 4) is 6.07 Å². The van der Waals surface area contributed by atoms with Gasteiger partial charge in [0.1, 0.15) is 12.2 Å². The summed E-state index contributed by atoms with van der Waals surface area (Å²) in [4.78, 5) is 17.5. The lowest BCUT2D eigenvalue weighted by Gasteiger charge is -2.36. The maximum atomic E-state index is 11.0. The van der Waals surface area contributed by atoms with Crippen molar-refractivity contribution in [3.05, 3.63) is 36.0 Å². The first-order valence-electron chi connectivity index (χ1n) is 6.86. The fraction of sp³-hybridized carbons (Fsp3) is 0.312. The second-order valence-electron chi connectivity index (χ2n) is 5.17. The number of aromatic nitrogens is 1. The molecule has 1 saturated heterocycles. The predicted octanol–water partition coefficient (Wildman–Crippen LogP) is 1.90. The van der Waals surface area contributed by atoms with Gasteiger partial charge in [-0.05, 0) is 31.2 Å². The zero-order valence-electron chi connectivity index (χ0n) is 11.7. The lowest BCUT2D eigenvalue weighted by Crippen LogP contribution is -2.47. The smallest absolute Gasteiger partial charge is 0.150 e. The Morgan fingerprint density at radius 1 is 1.43 bits per heavy atom. The number of hydrogen-bond donors (Lipinski definition) is 0. The monoisotopic (exact) mass is 281 g/mol. The zero-order chi connectivity index (χ0) is 14.8. The van der Waals surface area contributed by atoms with E-state index in [9.17, 15) is 10.1 Å². The van der Waals surface area contributed by atoms with Crippen LogP contribution in [0.15, 0.2) is 30.5 Å². The average Bonchev–Trinajstić information content (AvgIpc) is 2.53. The minimum atomic E-state index is -0.420. The van der Waals surface area contributed by atoms with Crippen LogP contribution in [0.2, 0.25) is 0 Å². The highest BCUT2D eigenvalue weighted by molar-refractivity contribution is 5.95. The Hall–Kier alpha value is -2.45. The van der Waals surface area contributed by atoms with Crippen LogP contribution < -0.4 is 4.90 Å². The molecule has 0 N–H and O–H groups in total. The van der Waals surface area contributed by atoms with Crippen molar-refractivity contribution < 1.29 is 9.53 Å². The summed E-state index contributed by atoms with van der Waals surface area (Å²) in [5, 5.41) is 10.1. The first kappa shape index (κ1) is 13.5. The molecule has 0 radical (unpaired) electrons. The first-order chi connectivity index (χ1) is 10.2. The fourth-order valence-corrected chi connectivity index (χ4v) is 2.78. The lowest BCUT2D eigenvalue weighted by molar-refractivity contribution is -0.122. The number of fused-ring (bicyclic) bond motifs is 1. The third-order valence-electron chi connectivity index (χ3n) is 3.64. The van der Waals surface area contributed by atoms with Crippen LogP contribution in [0.4, 0.5) is 5.69 Å². The average molecular weight is 281 g/mol. The summed E-state index contributed by atoms with van der Waals surface area (Å²) < 4.78 is 5.57. The predicted molar refractivity (Wildman–Crippen MR) is 79.1 cm³/mol. The van der Waals surface area contributed by atoms with Gasteiger partial charge in [-0.25, -0.2) is 0 Å². The van der Waals surface area contributed by atoms with Crippen LogP contribution in [-0.2, 0) is 9.53 Å².